The lowest BCUT2D eigenvalue weighted by molar-refractivity contribution is -0.116. The number of amides is 2. The van der Waals surface area contributed by atoms with E-state index < -0.39 is 34.2 Å². The molecule has 11 heteroatoms. The molecular weight excluding hydrogens is 415 g/mol. The van der Waals surface area contributed by atoms with E-state index in [9.17, 15) is 22.4 Å². The van der Waals surface area contributed by atoms with Crippen LogP contribution in [0.1, 0.15) is 10.4 Å². The average Bonchev–Trinajstić information content (AvgIpc) is 2.83. The standard InChI is InChI=1S/C17H14ClFN2O6S/c1-26-13-6-10-15(7-14(13)27-2)28(24,25)21(17(10)23)8-16(22)20-12-5-9(18)3-4-11(12)19/h3-7H,8H2,1-2H3,(H,20,22). The summed E-state index contributed by atoms with van der Waals surface area (Å²) in [6.45, 7) is -0.841. The molecule has 1 aliphatic heterocycles. The number of ether oxygens (including phenoxy) is 2. The van der Waals surface area contributed by atoms with E-state index >= 15 is 0 Å². The highest BCUT2D eigenvalue weighted by Crippen LogP contribution is 2.38. The highest BCUT2D eigenvalue weighted by atomic mass is 35.5. The maximum Gasteiger partial charge on any atom is 0.269 e. The van der Waals surface area contributed by atoms with Gasteiger partial charge in [-0.1, -0.05) is 11.6 Å². The Kier molecular flexibility index (Phi) is 5.18. The summed E-state index contributed by atoms with van der Waals surface area (Å²) in [5, 5.41) is 2.38. The highest BCUT2D eigenvalue weighted by Gasteiger charge is 2.43. The molecular formula is C17H14ClFN2O6S. The Hall–Kier alpha value is -2.85. The van der Waals surface area contributed by atoms with Crippen LogP contribution in [0, 0.1) is 5.82 Å². The Morgan fingerprint density at radius 1 is 1.18 bits per heavy atom. The summed E-state index contributed by atoms with van der Waals surface area (Å²) in [5.74, 6) is -2.30. The topological polar surface area (TPSA) is 102 Å². The minimum atomic E-state index is -4.29. The molecule has 2 aromatic carbocycles. The minimum absolute atomic E-state index is 0.116. The molecule has 8 nitrogen and oxygen atoms in total. The van der Waals surface area contributed by atoms with Crippen molar-refractivity contribution in [3.8, 4) is 11.5 Å². The molecule has 0 bridgehead atoms. The molecule has 0 saturated carbocycles. The molecule has 2 aromatic rings. The number of hydrogen-bond acceptors (Lipinski definition) is 6. The largest absolute Gasteiger partial charge is 0.493 e. The van der Waals surface area contributed by atoms with Gasteiger partial charge in [0.1, 0.15) is 17.3 Å². The maximum absolute atomic E-state index is 13.8. The van der Waals surface area contributed by atoms with Gasteiger partial charge in [0.15, 0.2) is 11.5 Å². The molecule has 148 valence electrons. The maximum atomic E-state index is 13.8. The number of fused-ring (bicyclic) bond motifs is 1. The van der Waals surface area contributed by atoms with E-state index in [0.29, 0.717) is 4.31 Å². The molecule has 0 aliphatic carbocycles. The van der Waals surface area contributed by atoms with Crippen LogP contribution >= 0.6 is 11.6 Å². The van der Waals surface area contributed by atoms with E-state index in [4.69, 9.17) is 21.1 Å². The fourth-order valence-corrected chi connectivity index (χ4v) is 4.37. The number of benzene rings is 2. The Morgan fingerprint density at radius 2 is 1.82 bits per heavy atom. The molecule has 1 N–H and O–H groups in total. The number of hydrogen-bond donors (Lipinski definition) is 1. The van der Waals surface area contributed by atoms with Crippen LogP contribution in [0.25, 0.3) is 0 Å². The summed E-state index contributed by atoms with van der Waals surface area (Å²) in [6, 6.07) is 5.88. The van der Waals surface area contributed by atoms with Gasteiger partial charge in [-0.15, -0.1) is 0 Å². The Morgan fingerprint density at radius 3 is 2.46 bits per heavy atom. The number of rotatable bonds is 5. The zero-order valence-corrected chi connectivity index (χ0v) is 16.2. The predicted octanol–water partition coefficient (Wildman–Crippen LogP) is 2.28. The average molecular weight is 429 g/mol. The van der Waals surface area contributed by atoms with Crippen molar-refractivity contribution in [1.82, 2.24) is 4.31 Å². The summed E-state index contributed by atoms with van der Waals surface area (Å²) < 4.78 is 49.7. The number of carbonyl (C=O) groups excluding carboxylic acids is 2. The van der Waals surface area contributed by atoms with Crippen molar-refractivity contribution in [3.63, 3.8) is 0 Å². The Bertz CT molecular complexity index is 1090. The predicted molar refractivity (Wildman–Crippen MR) is 97.8 cm³/mol. The molecule has 1 heterocycles. The van der Waals surface area contributed by atoms with E-state index in [1.54, 1.807) is 0 Å². The zero-order valence-electron chi connectivity index (χ0n) is 14.7. The van der Waals surface area contributed by atoms with Crippen molar-refractivity contribution in [3.05, 3.63) is 46.7 Å². The molecule has 0 atom stereocenters. The molecule has 0 fully saturated rings. The number of nitrogens with one attached hydrogen (secondary N) is 1. The van der Waals surface area contributed by atoms with Crippen molar-refractivity contribution in [2.75, 3.05) is 26.1 Å². The molecule has 0 unspecified atom stereocenters. The first-order chi connectivity index (χ1) is 13.2. The molecule has 0 radical (unpaired) electrons. The van der Waals surface area contributed by atoms with Crippen molar-refractivity contribution >= 4 is 39.1 Å². The lowest BCUT2D eigenvalue weighted by atomic mass is 10.2. The van der Waals surface area contributed by atoms with Crippen LogP contribution in [0.5, 0.6) is 11.5 Å². The molecule has 0 saturated heterocycles. The number of methoxy groups -OCH3 is 2. The van der Waals surface area contributed by atoms with Crippen LogP contribution in [-0.2, 0) is 14.8 Å². The van der Waals surface area contributed by atoms with E-state index in [1.165, 1.54) is 32.4 Å². The van der Waals surface area contributed by atoms with Crippen molar-refractivity contribution in [2.24, 2.45) is 0 Å². The van der Waals surface area contributed by atoms with E-state index in [1.807, 2.05) is 0 Å². The quantitative estimate of drug-likeness (QED) is 0.783. The number of sulfonamides is 1. The van der Waals surface area contributed by atoms with Gasteiger partial charge in [-0.3, -0.25) is 9.59 Å². The van der Waals surface area contributed by atoms with Crippen molar-refractivity contribution in [2.45, 2.75) is 4.90 Å². The highest BCUT2D eigenvalue weighted by molar-refractivity contribution is 7.90. The molecule has 2 amide bonds. The van der Waals surface area contributed by atoms with Crippen LogP contribution in [0.2, 0.25) is 5.02 Å². The lowest BCUT2D eigenvalue weighted by Crippen LogP contribution is -2.37. The van der Waals surface area contributed by atoms with E-state index in [0.717, 1.165) is 12.1 Å². The van der Waals surface area contributed by atoms with Gasteiger partial charge in [0.05, 0.1) is 25.5 Å². The van der Waals surface area contributed by atoms with E-state index in [-0.39, 0.29) is 32.7 Å². The Labute approximate surface area is 164 Å². The number of carbonyl (C=O) groups is 2. The number of anilines is 1. The van der Waals surface area contributed by atoms with Gasteiger partial charge in [-0.25, -0.2) is 17.1 Å². The third-order valence-corrected chi connectivity index (χ3v) is 6.00. The third kappa shape index (κ3) is 3.36. The third-order valence-electron chi connectivity index (χ3n) is 4.00. The SMILES string of the molecule is COc1cc2c(cc1OC)S(=O)(=O)N(CC(=O)Nc1cc(Cl)ccc1F)C2=O. The second-order valence-electron chi connectivity index (χ2n) is 5.69. The molecule has 28 heavy (non-hydrogen) atoms. The summed E-state index contributed by atoms with van der Waals surface area (Å²) in [5.41, 5.74) is -0.387. The summed E-state index contributed by atoms with van der Waals surface area (Å²) in [4.78, 5) is 24.5. The van der Waals surface area contributed by atoms with Gasteiger partial charge >= 0.3 is 0 Å². The second kappa shape index (κ2) is 7.28. The zero-order chi connectivity index (χ0) is 20.6. The molecule has 0 aromatic heterocycles. The summed E-state index contributed by atoms with van der Waals surface area (Å²) in [7, 11) is -1.64. The van der Waals surface area contributed by atoms with Gasteiger partial charge in [0.25, 0.3) is 15.9 Å². The number of halogens is 2. The van der Waals surface area contributed by atoms with Crippen LogP contribution in [0.4, 0.5) is 10.1 Å². The normalized spacial score (nSPS) is 14.6. The lowest BCUT2D eigenvalue weighted by Gasteiger charge is -2.15. The van der Waals surface area contributed by atoms with Crippen molar-refractivity contribution < 1.29 is 31.9 Å². The van der Waals surface area contributed by atoms with E-state index in [2.05, 4.69) is 5.32 Å². The van der Waals surface area contributed by atoms with Gasteiger partial charge in [0, 0.05) is 11.1 Å². The smallest absolute Gasteiger partial charge is 0.269 e. The van der Waals surface area contributed by atoms with Crippen LogP contribution < -0.4 is 14.8 Å². The fraction of sp³-hybridized carbons (Fsp3) is 0.176. The Balaban J connectivity index is 1.90. The molecule has 3 rings (SSSR count). The van der Waals surface area contributed by atoms with Crippen LogP contribution in [0.15, 0.2) is 35.2 Å². The first-order valence-corrected chi connectivity index (χ1v) is 9.59. The summed E-state index contributed by atoms with van der Waals surface area (Å²) >= 11 is 5.75. The number of nitrogens with zero attached hydrogens (tertiary/aromatic N) is 1. The first kappa shape index (κ1) is 19.9. The van der Waals surface area contributed by atoms with Crippen LogP contribution in [0.3, 0.4) is 0 Å². The first-order valence-electron chi connectivity index (χ1n) is 7.77. The molecule has 1 aliphatic rings. The van der Waals surface area contributed by atoms with Crippen molar-refractivity contribution in [1.29, 1.82) is 0 Å². The van der Waals surface area contributed by atoms with Crippen LogP contribution in [-0.4, -0.2) is 45.3 Å². The summed E-state index contributed by atoms with van der Waals surface area (Å²) in [6.07, 6.45) is 0. The van der Waals surface area contributed by atoms with Gasteiger partial charge in [0.2, 0.25) is 5.91 Å². The minimum Gasteiger partial charge on any atom is -0.493 e. The fourth-order valence-electron chi connectivity index (χ4n) is 2.67. The second-order valence-corrected chi connectivity index (χ2v) is 7.96. The monoisotopic (exact) mass is 428 g/mol. The van der Waals surface area contributed by atoms with Gasteiger partial charge in [-0.05, 0) is 24.3 Å². The molecule has 0 spiro atoms. The van der Waals surface area contributed by atoms with Gasteiger partial charge < -0.3 is 14.8 Å². The van der Waals surface area contributed by atoms with Gasteiger partial charge in [-0.2, -0.15) is 0 Å².